The van der Waals surface area contributed by atoms with Crippen LogP contribution in [0, 0.1) is 6.92 Å². The first kappa shape index (κ1) is 12.0. The number of hydrogen-bond acceptors (Lipinski definition) is 4. The van der Waals surface area contributed by atoms with E-state index in [1.807, 2.05) is 31.2 Å². The lowest BCUT2D eigenvalue weighted by Crippen LogP contribution is -2.04. The number of hydrogen-bond donors (Lipinski definition) is 1. The molecule has 1 heterocycles. The molecule has 18 heavy (non-hydrogen) atoms. The Labute approximate surface area is 104 Å². The van der Waals surface area contributed by atoms with E-state index >= 15 is 0 Å². The number of aromatic carboxylic acids is 1. The first-order valence-corrected chi connectivity index (χ1v) is 5.33. The van der Waals surface area contributed by atoms with E-state index in [1.165, 1.54) is 13.3 Å². The largest absolute Gasteiger partial charge is 0.480 e. The quantitative estimate of drug-likeness (QED) is 0.895. The van der Waals surface area contributed by atoms with Crippen LogP contribution in [0.2, 0.25) is 0 Å². The molecular weight excluding hydrogens is 232 g/mol. The topological polar surface area (TPSA) is 72.3 Å². The number of nitrogens with zero attached hydrogens (tertiary/aromatic N) is 2. The molecule has 2 aromatic rings. The Morgan fingerprint density at radius 1 is 1.39 bits per heavy atom. The van der Waals surface area contributed by atoms with Gasteiger partial charge in [0, 0.05) is 11.8 Å². The van der Waals surface area contributed by atoms with Crippen molar-refractivity contribution in [3.8, 4) is 17.3 Å². The summed E-state index contributed by atoms with van der Waals surface area (Å²) in [5, 5.41) is 8.94. The van der Waals surface area contributed by atoms with Gasteiger partial charge >= 0.3 is 5.97 Å². The molecule has 0 saturated heterocycles. The Morgan fingerprint density at radius 3 is 2.78 bits per heavy atom. The van der Waals surface area contributed by atoms with Gasteiger partial charge in [-0.1, -0.05) is 23.8 Å². The van der Waals surface area contributed by atoms with Gasteiger partial charge in [0.25, 0.3) is 0 Å². The van der Waals surface area contributed by atoms with Crippen molar-refractivity contribution >= 4 is 5.97 Å². The SMILES string of the molecule is COc1nc(-c2cccc(C)c2)ncc1C(=O)O. The summed E-state index contributed by atoms with van der Waals surface area (Å²) in [6.07, 6.45) is 1.26. The molecule has 1 aromatic carbocycles. The normalized spacial score (nSPS) is 10.1. The molecule has 1 aromatic heterocycles. The lowest BCUT2D eigenvalue weighted by Gasteiger charge is -2.06. The minimum absolute atomic E-state index is 0.0473. The number of methoxy groups -OCH3 is 1. The second-order valence-electron chi connectivity index (χ2n) is 3.79. The van der Waals surface area contributed by atoms with Crippen LogP contribution in [-0.4, -0.2) is 28.2 Å². The highest BCUT2D eigenvalue weighted by atomic mass is 16.5. The summed E-state index contributed by atoms with van der Waals surface area (Å²) >= 11 is 0. The fourth-order valence-electron chi connectivity index (χ4n) is 1.59. The second-order valence-corrected chi connectivity index (χ2v) is 3.79. The number of carboxylic acid groups (broad SMARTS) is 1. The van der Waals surface area contributed by atoms with E-state index in [1.54, 1.807) is 0 Å². The van der Waals surface area contributed by atoms with Crippen molar-refractivity contribution in [2.75, 3.05) is 7.11 Å². The van der Waals surface area contributed by atoms with Crippen molar-refractivity contribution in [1.82, 2.24) is 9.97 Å². The van der Waals surface area contributed by atoms with Crippen molar-refractivity contribution < 1.29 is 14.6 Å². The van der Waals surface area contributed by atoms with Gasteiger partial charge in [-0.15, -0.1) is 0 Å². The van der Waals surface area contributed by atoms with Crippen molar-refractivity contribution in [1.29, 1.82) is 0 Å². The van der Waals surface area contributed by atoms with E-state index in [-0.39, 0.29) is 11.4 Å². The second kappa shape index (κ2) is 4.83. The molecule has 0 aliphatic carbocycles. The van der Waals surface area contributed by atoms with Gasteiger partial charge < -0.3 is 9.84 Å². The summed E-state index contributed by atoms with van der Waals surface area (Å²) in [6.45, 7) is 1.96. The number of aryl methyl sites for hydroxylation is 1. The van der Waals surface area contributed by atoms with Crippen LogP contribution in [0.25, 0.3) is 11.4 Å². The third-order valence-corrected chi connectivity index (χ3v) is 2.45. The highest BCUT2D eigenvalue weighted by Gasteiger charge is 2.14. The van der Waals surface area contributed by atoms with Crippen LogP contribution in [0.4, 0.5) is 0 Å². The molecule has 5 nitrogen and oxygen atoms in total. The number of carboxylic acids is 1. The highest BCUT2D eigenvalue weighted by Crippen LogP contribution is 2.21. The third-order valence-electron chi connectivity index (χ3n) is 2.45. The molecule has 2 rings (SSSR count). The predicted molar refractivity (Wildman–Crippen MR) is 65.7 cm³/mol. The van der Waals surface area contributed by atoms with Crippen LogP contribution in [0.3, 0.4) is 0 Å². The molecule has 0 bridgehead atoms. The van der Waals surface area contributed by atoms with Gasteiger partial charge in [0.2, 0.25) is 5.88 Å². The molecular formula is C13H12N2O3. The molecule has 0 radical (unpaired) electrons. The molecule has 5 heteroatoms. The van der Waals surface area contributed by atoms with E-state index in [2.05, 4.69) is 9.97 Å². The monoisotopic (exact) mass is 244 g/mol. The van der Waals surface area contributed by atoms with Gasteiger partial charge in [0.05, 0.1) is 7.11 Å². The zero-order chi connectivity index (χ0) is 13.1. The molecule has 0 spiro atoms. The molecule has 0 aliphatic heterocycles. The zero-order valence-electron chi connectivity index (χ0n) is 10.0. The molecule has 0 atom stereocenters. The lowest BCUT2D eigenvalue weighted by atomic mass is 10.1. The van der Waals surface area contributed by atoms with E-state index < -0.39 is 5.97 Å². The van der Waals surface area contributed by atoms with Crippen LogP contribution in [-0.2, 0) is 0 Å². The standard InChI is InChI=1S/C13H12N2O3/c1-8-4-3-5-9(6-8)11-14-7-10(13(16)17)12(15-11)18-2/h3-7H,1-2H3,(H,16,17). The highest BCUT2D eigenvalue weighted by molar-refractivity contribution is 5.90. The maximum absolute atomic E-state index is 10.9. The number of carbonyl (C=O) groups is 1. The average molecular weight is 244 g/mol. The molecule has 0 fully saturated rings. The average Bonchev–Trinajstić information content (AvgIpc) is 2.37. The van der Waals surface area contributed by atoms with Gasteiger partial charge in [0.15, 0.2) is 5.82 Å². The van der Waals surface area contributed by atoms with Crippen LogP contribution in [0.1, 0.15) is 15.9 Å². The van der Waals surface area contributed by atoms with Crippen molar-refractivity contribution in [2.45, 2.75) is 6.92 Å². The smallest absolute Gasteiger partial charge is 0.342 e. The molecule has 0 saturated carbocycles. The fraction of sp³-hybridized carbons (Fsp3) is 0.154. The number of benzene rings is 1. The van der Waals surface area contributed by atoms with Crippen LogP contribution in [0.5, 0.6) is 5.88 Å². The number of aromatic nitrogens is 2. The zero-order valence-corrected chi connectivity index (χ0v) is 10.0. The minimum Gasteiger partial charge on any atom is -0.480 e. The summed E-state index contributed by atoms with van der Waals surface area (Å²) in [6, 6.07) is 7.65. The van der Waals surface area contributed by atoms with Gasteiger partial charge in [0.1, 0.15) is 5.56 Å². The maximum Gasteiger partial charge on any atom is 0.342 e. The third kappa shape index (κ3) is 2.29. The van der Waals surface area contributed by atoms with Crippen LogP contribution in [0.15, 0.2) is 30.5 Å². The lowest BCUT2D eigenvalue weighted by molar-refractivity contribution is 0.0692. The van der Waals surface area contributed by atoms with E-state index in [0.717, 1.165) is 11.1 Å². The van der Waals surface area contributed by atoms with Gasteiger partial charge in [-0.2, -0.15) is 4.98 Å². The summed E-state index contributed by atoms with van der Waals surface area (Å²) in [5.41, 5.74) is 1.86. The van der Waals surface area contributed by atoms with Gasteiger partial charge in [-0.05, 0) is 13.0 Å². The Hall–Kier alpha value is -2.43. The van der Waals surface area contributed by atoms with Gasteiger partial charge in [-0.3, -0.25) is 0 Å². The molecule has 0 unspecified atom stereocenters. The Morgan fingerprint density at radius 2 is 2.17 bits per heavy atom. The minimum atomic E-state index is -1.11. The predicted octanol–water partition coefficient (Wildman–Crippen LogP) is 2.16. The molecule has 0 aliphatic rings. The van der Waals surface area contributed by atoms with E-state index in [0.29, 0.717) is 5.82 Å². The van der Waals surface area contributed by atoms with Crippen molar-refractivity contribution in [3.05, 3.63) is 41.6 Å². The van der Waals surface area contributed by atoms with E-state index in [4.69, 9.17) is 9.84 Å². The summed E-state index contributed by atoms with van der Waals surface area (Å²) in [4.78, 5) is 19.1. The Kier molecular flexibility index (Phi) is 3.23. The summed E-state index contributed by atoms with van der Waals surface area (Å²) in [7, 11) is 1.38. The van der Waals surface area contributed by atoms with Gasteiger partial charge in [-0.25, -0.2) is 9.78 Å². The Bertz CT molecular complexity index is 597. The van der Waals surface area contributed by atoms with E-state index in [9.17, 15) is 4.79 Å². The van der Waals surface area contributed by atoms with Crippen molar-refractivity contribution in [2.24, 2.45) is 0 Å². The molecule has 1 N–H and O–H groups in total. The first-order chi connectivity index (χ1) is 8.61. The summed E-state index contributed by atoms with van der Waals surface area (Å²) < 4.78 is 4.97. The molecule has 0 amide bonds. The number of ether oxygens (including phenoxy) is 1. The first-order valence-electron chi connectivity index (χ1n) is 5.33. The van der Waals surface area contributed by atoms with Crippen LogP contribution >= 0.6 is 0 Å². The maximum atomic E-state index is 10.9. The van der Waals surface area contributed by atoms with Crippen molar-refractivity contribution in [3.63, 3.8) is 0 Å². The molecule has 92 valence electrons. The van der Waals surface area contributed by atoms with Crippen LogP contribution < -0.4 is 4.74 Å². The summed E-state index contributed by atoms with van der Waals surface area (Å²) in [5.74, 6) is -0.600. The Balaban J connectivity index is 2.51. The number of rotatable bonds is 3. The fourth-order valence-corrected chi connectivity index (χ4v) is 1.59.